The van der Waals surface area contributed by atoms with E-state index < -0.39 is 28.5 Å². The molecule has 0 aromatic heterocycles. The van der Waals surface area contributed by atoms with E-state index in [9.17, 15) is 18.0 Å². The number of nitrogens with zero attached hydrogens (tertiary/aromatic N) is 2. The predicted molar refractivity (Wildman–Crippen MR) is 160 cm³/mol. The highest BCUT2D eigenvalue weighted by Gasteiger charge is 2.34. The summed E-state index contributed by atoms with van der Waals surface area (Å²) < 4.78 is 39.6. The van der Waals surface area contributed by atoms with Crippen molar-refractivity contribution in [1.29, 1.82) is 0 Å². The first-order valence-corrected chi connectivity index (χ1v) is 15.1. The van der Waals surface area contributed by atoms with Gasteiger partial charge in [-0.1, -0.05) is 54.4 Å². The van der Waals surface area contributed by atoms with E-state index in [1.54, 1.807) is 62.4 Å². The number of hydrogen-bond donors (Lipinski definition) is 1. The fourth-order valence-corrected chi connectivity index (χ4v) is 6.24. The number of likely N-dealkylation sites (N-methyl/N-ethyl adjacent to an activating group) is 1. The highest BCUT2D eigenvalue weighted by molar-refractivity contribution is 7.92. The molecule has 41 heavy (non-hydrogen) atoms. The monoisotopic (exact) mass is 621 g/mol. The number of para-hydroxylation sites is 1. The number of rotatable bonds is 13. The zero-order valence-electron chi connectivity index (χ0n) is 23.3. The molecule has 0 spiro atoms. The van der Waals surface area contributed by atoms with Crippen molar-refractivity contribution in [2.45, 2.75) is 37.8 Å². The van der Waals surface area contributed by atoms with Crippen LogP contribution in [0.25, 0.3) is 0 Å². The van der Waals surface area contributed by atoms with Gasteiger partial charge in [-0.3, -0.25) is 13.9 Å². The topological polar surface area (TPSA) is 105 Å². The SMILES string of the molecule is CCNC(=O)[C@H](CC)N(Cc1c(Cl)cccc1Cl)C(=O)CN(c1ccccc1)S(=O)(=O)c1ccc(OC)c(OC)c1. The summed E-state index contributed by atoms with van der Waals surface area (Å²) in [7, 11) is -1.45. The molecule has 12 heteroatoms. The van der Waals surface area contributed by atoms with Crippen LogP contribution in [0, 0.1) is 0 Å². The maximum Gasteiger partial charge on any atom is 0.264 e. The van der Waals surface area contributed by atoms with Gasteiger partial charge < -0.3 is 19.7 Å². The van der Waals surface area contributed by atoms with Gasteiger partial charge >= 0.3 is 0 Å². The number of methoxy groups -OCH3 is 2. The molecule has 2 amide bonds. The summed E-state index contributed by atoms with van der Waals surface area (Å²) in [5.74, 6) is -0.429. The molecule has 0 bridgehead atoms. The molecule has 3 aromatic carbocycles. The Hall–Kier alpha value is -3.47. The van der Waals surface area contributed by atoms with Crippen LogP contribution < -0.4 is 19.1 Å². The van der Waals surface area contributed by atoms with Gasteiger partial charge in [0.25, 0.3) is 10.0 Å². The second-order valence-corrected chi connectivity index (χ2v) is 11.6. The van der Waals surface area contributed by atoms with Crippen molar-refractivity contribution in [2.75, 3.05) is 31.6 Å². The van der Waals surface area contributed by atoms with Crippen LogP contribution in [0.15, 0.2) is 71.6 Å². The molecule has 0 unspecified atom stereocenters. The minimum atomic E-state index is -4.29. The Morgan fingerprint density at radius 2 is 1.54 bits per heavy atom. The first-order valence-electron chi connectivity index (χ1n) is 12.9. The molecule has 0 fully saturated rings. The Balaban J connectivity index is 2.11. The molecule has 3 rings (SSSR count). The van der Waals surface area contributed by atoms with Gasteiger partial charge in [0.05, 0.1) is 24.8 Å². The van der Waals surface area contributed by atoms with E-state index in [0.717, 1.165) is 4.31 Å². The number of halogens is 2. The smallest absolute Gasteiger partial charge is 0.264 e. The van der Waals surface area contributed by atoms with Crippen molar-refractivity contribution in [3.05, 3.63) is 82.3 Å². The molecular weight excluding hydrogens is 589 g/mol. The van der Waals surface area contributed by atoms with E-state index in [1.165, 1.54) is 37.3 Å². The van der Waals surface area contributed by atoms with Crippen molar-refractivity contribution in [1.82, 2.24) is 10.2 Å². The molecule has 1 atom stereocenters. The van der Waals surface area contributed by atoms with Gasteiger partial charge in [-0.05, 0) is 49.7 Å². The summed E-state index contributed by atoms with van der Waals surface area (Å²) in [6.45, 7) is 3.19. The number of anilines is 1. The third-order valence-corrected chi connectivity index (χ3v) is 8.87. The largest absolute Gasteiger partial charge is 0.493 e. The van der Waals surface area contributed by atoms with Crippen LogP contribution in [0.5, 0.6) is 11.5 Å². The van der Waals surface area contributed by atoms with Gasteiger partial charge in [0.1, 0.15) is 12.6 Å². The molecule has 9 nitrogen and oxygen atoms in total. The summed E-state index contributed by atoms with van der Waals surface area (Å²) >= 11 is 12.8. The van der Waals surface area contributed by atoms with Crippen molar-refractivity contribution in [3.63, 3.8) is 0 Å². The molecule has 220 valence electrons. The fraction of sp³-hybridized carbons (Fsp3) is 0.310. The number of sulfonamides is 1. The molecule has 0 heterocycles. The van der Waals surface area contributed by atoms with Gasteiger partial charge in [-0.2, -0.15) is 0 Å². The van der Waals surface area contributed by atoms with Crippen molar-refractivity contribution < 1.29 is 27.5 Å². The Bertz CT molecular complexity index is 1450. The van der Waals surface area contributed by atoms with Crippen LogP contribution in [0.2, 0.25) is 10.0 Å². The minimum Gasteiger partial charge on any atom is -0.493 e. The third kappa shape index (κ3) is 7.44. The lowest BCUT2D eigenvalue weighted by Crippen LogP contribution is -2.52. The number of ether oxygens (including phenoxy) is 2. The van der Waals surface area contributed by atoms with Crippen LogP contribution >= 0.6 is 23.2 Å². The van der Waals surface area contributed by atoms with Gasteiger partial charge in [0, 0.05) is 34.8 Å². The Labute approximate surface area is 251 Å². The van der Waals surface area contributed by atoms with Gasteiger partial charge in [0.2, 0.25) is 11.8 Å². The Morgan fingerprint density at radius 3 is 2.10 bits per heavy atom. The molecule has 1 N–H and O–H groups in total. The predicted octanol–water partition coefficient (Wildman–Crippen LogP) is 5.15. The lowest BCUT2D eigenvalue weighted by molar-refractivity contribution is -0.140. The second kappa shape index (κ2) is 14.4. The summed E-state index contributed by atoms with van der Waals surface area (Å²) in [6, 6.07) is 16.5. The van der Waals surface area contributed by atoms with E-state index in [4.69, 9.17) is 32.7 Å². The maximum absolute atomic E-state index is 14.1. The molecule has 0 aliphatic carbocycles. The standard InChI is InChI=1S/C29H33Cl2N3O6S/c1-5-25(29(36)32-6-2)33(18-22-23(30)13-10-14-24(22)31)28(35)19-34(20-11-8-7-9-12-20)41(37,38)21-15-16-26(39-3)27(17-21)40-4/h7-17,25H,5-6,18-19H2,1-4H3,(H,32,36)/t25-/m0/s1. The van der Waals surface area contributed by atoms with E-state index >= 15 is 0 Å². The lowest BCUT2D eigenvalue weighted by atomic mass is 10.1. The van der Waals surface area contributed by atoms with Gasteiger partial charge in [-0.15, -0.1) is 0 Å². The van der Waals surface area contributed by atoms with Gasteiger partial charge in [0.15, 0.2) is 11.5 Å². The molecule has 0 aliphatic rings. The Kier molecular flexibility index (Phi) is 11.3. The van der Waals surface area contributed by atoms with Crippen molar-refractivity contribution >= 4 is 50.7 Å². The number of benzene rings is 3. The lowest BCUT2D eigenvalue weighted by Gasteiger charge is -2.33. The van der Waals surface area contributed by atoms with E-state index in [1.807, 2.05) is 0 Å². The first kappa shape index (κ1) is 32.0. The van der Waals surface area contributed by atoms with Crippen LogP contribution in [0.3, 0.4) is 0 Å². The highest BCUT2D eigenvalue weighted by atomic mass is 35.5. The van der Waals surface area contributed by atoms with Crippen LogP contribution in [0.4, 0.5) is 5.69 Å². The second-order valence-electron chi connectivity index (χ2n) is 8.90. The van der Waals surface area contributed by atoms with Crippen LogP contribution in [-0.2, 0) is 26.2 Å². The normalized spacial score (nSPS) is 11.9. The zero-order chi connectivity index (χ0) is 30.2. The number of hydrogen-bond acceptors (Lipinski definition) is 6. The number of nitrogens with one attached hydrogen (secondary N) is 1. The van der Waals surface area contributed by atoms with Crippen molar-refractivity contribution in [3.8, 4) is 11.5 Å². The highest BCUT2D eigenvalue weighted by Crippen LogP contribution is 2.33. The zero-order valence-corrected chi connectivity index (χ0v) is 25.6. The molecule has 0 radical (unpaired) electrons. The van der Waals surface area contributed by atoms with Crippen molar-refractivity contribution in [2.24, 2.45) is 0 Å². The van der Waals surface area contributed by atoms with Crippen LogP contribution in [-0.4, -0.2) is 58.5 Å². The summed E-state index contributed by atoms with van der Waals surface area (Å²) in [5.41, 5.74) is 0.707. The molecule has 0 saturated heterocycles. The average Bonchev–Trinajstić information content (AvgIpc) is 2.97. The first-order chi connectivity index (χ1) is 19.6. The fourth-order valence-electron chi connectivity index (χ4n) is 4.29. The van der Waals surface area contributed by atoms with Crippen LogP contribution in [0.1, 0.15) is 25.8 Å². The average molecular weight is 623 g/mol. The van der Waals surface area contributed by atoms with E-state index in [2.05, 4.69) is 5.32 Å². The summed E-state index contributed by atoms with van der Waals surface area (Å²) in [5, 5.41) is 3.39. The number of carbonyl (C=O) groups excluding carboxylic acids is 2. The molecule has 3 aromatic rings. The molecule has 0 aliphatic heterocycles. The minimum absolute atomic E-state index is 0.105. The number of amides is 2. The summed E-state index contributed by atoms with van der Waals surface area (Å²) in [6.07, 6.45) is 0.271. The third-order valence-electron chi connectivity index (χ3n) is 6.39. The molecular formula is C29H33Cl2N3O6S. The van der Waals surface area contributed by atoms with E-state index in [0.29, 0.717) is 27.9 Å². The summed E-state index contributed by atoms with van der Waals surface area (Å²) in [4.78, 5) is 28.3. The Morgan fingerprint density at radius 1 is 0.902 bits per heavy atom. The van der Waals surface area contributed by atoms with Gasteiger partial charge in [-0.25, -0.2) is 8.42 Å². The maximum atomic E-state index is 14.1. The number of carbonyl (C=O) groups is 2. The molecule has 0 saturated carbocycles. The quantitative estimate of drug-likeness (QED) is 0.283. The van der Waals surface area contributed by atoms with E-state index in [-0.39, 0.29) is 35.2 Å².